The van der Waals surface area contributed by atoms with Gasteiger partial charge in [0.15, 0.2) is 0 Å². The SMILES string of the molecule is CCC(C)C(C)NCCc1ccc(Cl)nc1. The second-order valence-corrected chi connectivity index (χ2v) is 4.75. The van der Waals surface area contributed by atoms with Gasteiger partial charge in [0, 0.05) is 12.2 Å². The van der Waals surface area contributed by atoms with E-state index in [0.717, 1.165) is 18.9 Å². The number of hydrogen-bond acceptors (Lipinski definition) is 2. The van der Waals surface area contributed by atoms with Crippen LogP contribution in [-0.2, 0) is 6.42 Å². The highest BCUT2D eigenvalue weighted by Gasteiger charge is 2.08. The Kier molecular flexibility index (Phi) is 5.78. The molecular formula is C13H21ClN2. The highest BCUT2D eigenvalue weighted by molar-refractivity contribution is 6.29. The molecule has 0 aliphatic rings. The Morgan fingerprint density at radius 2 is 2.12 bits per heavy atom. The lowest BCUT2D eigenvalue weighted by Crippen LogP contribution is -2.33. The fraction of sp³-hybridized carbons (Fsp3) is 0.615. The highest BCUT2D eigenvalue weighted by Crippen LogP contribution is 2.08. The molecule has 2 unspecified atom stereocenters. The third-order valence-electron chi connectivity index (χ3n) is 3.17. The van der Waals surface area contributed by atoms with Crippen molar-refractivity contribution in [1.29, 1.82) is 0 Å². The Morgan fingerprint density at radius 1 is 1.38 bits per heavy atom. The third kappa shape index (κ3) is 4.50. The van der Waals surface area contributed by atoms with E-state index >= 15 is 0 Å². The summed E-state index contributed by atoms with van der Waals surface area (Å²) < 4.78 is 0. The van der Waals surface area contributed by atoms with Gasteiger partial charge in [-0.05, 0) is 37.4 Å². The first-order chi connectivity index (χ1) is 7.63. The fourth-order valence-corrected chi connectivity index (χ4v) is 1.67. The summed E-state index contributed by atoms with van der Waals surface area (Å²) in [7, 11) is 0. The second-order valence-electron chi connectivity index (χ2n) is 4.37. The molecule has 2 nitrogen and oxygen atoms in total. The van der Waals surface area contributed by atoms with Gasteiger partial charge in [-0.2, -0.15) is 0 Å². The van der Waals surface area contributed by atoms with E-state index in [4.69, 9.17) is 11.6 Å². The summed E-state index contributed by atoms with van der Waals surface area (Å²) in [6.07, 6.45) is 4.07. The monoisotopic (exact) mass is 240 g/mol. The summed E-state index contributed by atoms with van der Waals surface area (Å²) in [6, 6.07) is 4.45. The second kappa shape index (κ2) is 6.87. The molecule has 0 aromatic carbocycles. The van der Waals surface area contributed by atoms with Crippen molar-refractivity contribution in [2.75, 3.05) is 6.54 Å². The molecule has 3 heteroatoms. The molecule has 1 heterocycles. The number of hydrogen-bond donors (Lipinski definition) is 1. The van der Waals surface area contributed by atoms with Crippen LogP contribution in [0.3, 0.4) is 0 Å². The first kappa shape index (κ1) is 13.5. The van der Waals surface area contributed by atoms with Crippen LogP contribution in [0.4, 0.5) is 0 Å². The van der Waals surface area contributed by atoms with Crippen molar-refractivity contribution in [3.05, 3.63) is 29.0 Å². The molecular weight excluding hydrogens is 220 g/mol. The van der Waals surface area contributed by atoms with Crippen molar-refractivity contribution in [3.8, 4) is 0 Å². The molecule has 1 aromatic heterocycles. The number of nitrogens with one attached hydrogen (secondary N) is 1. The molecule has 0 aliphatic carbocycles. The number of pyridine rings is 1. The Hall–Kier alpha value is -0.600. The van der Waals surface area contributed by atoms with E-state index in [9.17, 15) is 0 Å². The molecule has 1 aromatic rings. The lowest BCUT2D eigenvalue weighted by atomic mass is 10.0. The van der Waals surface area contributed by atoms with Gasteiger partial charge in [0.2, 0.25) is 0 Å². The van der Waals surface area contributed by atoms with Crippen LogP contribution in [-0.4, -0.2) is 17.6 Å². The zero-order valence-electron chi connectivity index (χ0n) is 10.3. The van der Waals surface area contributed by atoms with Gasteiger partial charge in [-0.15, -0.1) is 0 Å². The predicted molar refractivity (Wildman–Crippen MR) is 69.9 cm³/mol. The van der Waals surface area contributed by atoms with Gasteiger partial charge in [0.05, 0.1) is 0 Å². The van der Waals surface area contributed by atoms with Crippen LogP contribution in [0.2, 0.25) is 5.15 Å². The standard InChI is InChI=1S/C13H21ClN2/c1-4-10(2)11(3)15-8-7-12-5-6-13(14)16-9-12/h5-6,9-11,15H,4,7-8H2,1-3H3. The van der Waals surface area contributed by atoms with Crippen LogP contribution in [0.25, 0.3) is 0 Å². The number of halogens is 1. The number of aromatic nitrogens is 1. The number of nitrogens with zero attached hydrogens (tertiary/aromatic N) is 1. The molecule has 0 radical (unpaired) electrons. The molecule has 16 heavy (non-hydrogen) atoms. The number of rotatable bonds is 6. The molecule has 0 saturated heterocycles. The van der Waals surface area contributed by atoms with E-state index in [2.05, 4.69) is 31.1 Å². The molecule has 0 aliphatic heterocycles. The molecule has 1 rings (SSSR count). The maximum atomic E-state index is 5.73. The third-order valence-corrected chi connectivity index (χ3v) is 3.39. The van der Waals surface area contributed by atoms with Crippen molar-refractivity contribution in [2.45, 2.75) is 39.7 Å². The first-order valence-corrected chi connectivity index (χ1v) is 6.35. The molecule has 0 fully saturated rings. The van der Waals surface area contributed by atoms with Gasteiger partial charge in [-0.3, -0.25) is 0 Å². The molecule has 0 saturated carbocycles. The summed E-state index contributed by atoms with van der Waals surface area (Å²) >= 11 is 5.73. The minimum Gasteiger partial charge on any atom is -0.314 e. The molecule has 1 N–H and O–H groups in total. The molecule has 0 bridgehead atoms. The van der Waals surface area contributed by atoms with Crippen LogP contribution in [0.1, 0.15) is 32.8 Å². The van der Waals surface area contributed by atoms with E-state index in [1.807, 2.05) is 18.3 Å². The van der Waals surface area contributed by atoms with Gasteiger partial charge < -0.3 is 5.32 Å². The summed E-state index contributed by atoms with van der Waals surface area (Å²) in [4.78, 5) is 4.07. The minimum atomic E-state index is 0.560. The Labute approximate surface area is 103 Å². The maximum Gasteiger partial charge on any atom is 0.129 e. The lowest BCUT2D eigenvalue weighted by Gasteiger charge is -2.19. The van der Waals surface area contributed by atoms with Crippen LogP contribution < -0.4 is 5.32 Å². The van der Waals surface area contributed by atoms with E-state index in [1.165, 1.54) is 12.0 Å². The van der Waals surface area contributed by atoms with Gasteiger partial charge in [0.25, 0.3) is 0 Å². The molecule has 2 atom stereocenters. The lowest BCUT2D eigenvalue weighted by molar-refractivity contribution is 0.393. The zero-order valence-corrected chi connectivity index (χ0v) is 11.1. The largest absolute Gasteiger partial charge is 0.314 e. The van der Waals surface area contributed by atoms with Crippen molar-refractivity contribution in [2.24, 2.45) is 5.92 Å². The van der Waals surface area contributed by atoms with Gasteiger partial charge >= 0.3 is 0 Å². The average molecular weight is 241 g/mol. The smallest absolute Gasteiger partial charge is 0.129 e. The highest BCUT2D eigenvalue weighted by atomic mass is 35.5. The fourth-order valence-electron chi connectivity index (χ4n) is 1.55. The van der Waals surface area contributed by atoms with Crippen molar-refractivity contribution in [3.63, 3.8) is 0 Å². The normalized spacial score (nSPS) is 14.8. The molecule has 0 spiro atoms. The summed E-state index contributed by atoms with van der Waals surface area (Å²) in [5.41, 5.74) is 1.23. The van der Waals surface area contributed by atoms with Crippen molar-refractivity contribution in [1.82, 2.24) is 10.3 Å². The van der Waals surface area contributed by atoms with Gasteiger partial charge in [-0.25, -0.2) is 4.98 Å². The Balaban J connectivity index is 2.27. The maximum absolute atomic E-state index is 5.73. The predicted octanol–water partition coefficient (Wildman–Crippen LogP) is 3.30. The van der Waals surface area contributed by atoms with Crippen molar-refractivity contribution >= 4 is 11.6 Å². The molecule has 0 amide bonds. The Morgan fingerprint density at radius 3 is 2.69 bits per heavy atom. The van der Waals surface area contributed by atoms with Crippen molar-refractivity contribution < 1.29 is 0 Å². The van der Waals surface area contributed by atoms with Crippen LogP contribution in [0, 0.1) is 5.92 Å². The average Bonchev–Trinajstić information content (AvgIpc) is 2.30. The van der Waals surface area contributed by atoms with Crippen LogP contribution in [0.15, 0.2) is 18.3 Å². The van der Waals surface area contributed by atoms with E-state index in [-0.39, 0.29) is 0 Å². The minimum absolute atomic E-state index is 0.560. The summed E-state index contributed by atoms with van der Waals surface area (Å²) in [5.74, 6) is 0.725. The first-order valence-electron chi connectivity index (χ1n) is 5.97. The van der Waals surface area contributed by atoms with E-state index in [1.54, 1.807) is 0 Å². The van der Waals surface area contributed by atoms with Gasteiger partial charge in [0.1, 0.15) is 5.15 Å². The van der Waals surface area contributed by atoms with E-state index in [0.29, 0.717) is 11.2 Å². The summed E-state index contributed by atoms with van der Waals surface area (Å²) in [6.45, 7) is 7.75. The zero-order chi connectivity index (χ0) is 12.0. The van der Waals surface area contributed by atoms with Gasteiger partial charge in [-0.1, -0.05) is 37.9 Å². The topological polar surface area (TPSA) is 24.9 Å². The quantitative estimate of drug-likeness (QED) is 0.772. The molecule has 90 valence electrons. The van der Waals surface area contributed by atoms with E-state index < -0.39 is 0 Å². The summed E-state index contributed by atoms with van der Waals surface area (Å²) in [5, 5.41) is 4.10. The Bertz CT molecular complexity index is 297. The van der Waals surface area contributed by atoms with Crippen LogP contribution >= 0.6 is 11.6 Å². The van der Waals surface area contributed by atoms with Crippen LogP contribution in [0.5, 0.6) is 0 Å².